The third kappa shape index (κ3) is 3.91. The number of aryl methyl sites for hydroxylation is 2. The van der Waals surface area contributed by atoms with Gasteiger partial charge in [0.2, 0.25) is 5.91 Å². The largest absolute Gasteiger partial charge is 0.497 e. The Kier molecular flexibility index (Phi) is 5.75. The van der Waals surface area contributed by atoms with Crippen molar-refractivity contribution in [3.05, 3.63) is 59.8 Å². The van der Waals surface area contributed by atoms with Gasteiger partial charge < -0.3 is 15.4 Å². The van der Waals surface area contributed by atoms with Gasteiger partial charge in [-0.2, -0.15) is 5.10 Å². The molecule has 2 aromatic carbocycles. The van der Waals surface area contributed by atoms with Gasteiger partial charge in [0.25, 0.3) is 5.91 Å². The molecule has 2 N–H and O–H groups in total. The third-order valence-electron chi connectivity index (χ3n) is 5.59. The smallest absolute Gasteiger partial charge is 0.251 e. The zero-order valence-electron chi connectivity index (χ0n) is 17.9. The molecule has 2 amide bonds. The zero-order chi connectivity index (χ0) is 22.0. The number of ether oxygens (including phenoxy) is 1. The Labute approximate surface area is 181 Å². The average Bonchev–Trinajstić information content (AvgIpc) is 3.29. The van der Waals surface area contributed by atoms with Crippen molar-refractivity contribution in [3.8, 4) is 16.9 Å². The van der Waals surface area contributed by atoms with Crippen LogP contribution < -0.4 is 15.4 Å². The highest BCUT2D eigenvalue weighted by Gasteiger charge is 2.36. The van der Waals surface area contributed by atoms with Gasteiger partial charge in [-0.3, -0.25) is 9.59 Å². The fraction of sp³-hybridized carbons (Fsp3) is 0.292. The summed E-state index contributed by atoms with van der Waals surface area (Å²) in [5.41, 5.74) is 4.55. The first-order chi connectivity index (χ1) is 15.0. The summed E-state index contributed by atoms with van der Waals surface area (Å²) in [5.74, 6) is 0.961. The van der Waals surface area contributed by atoms with E-state index in [-0.39, 0.29) is 18.2 Å². The van der Waals surface area contributed by atoms with Crippen LogP contribution in [-0.4, -0.2) is 28.7 Å². The SMILES string of the molecule is CCc1ccccc1NC(=O)CC1C(=O)Nc2c(-c3ccc(OC)cc3)c(CC)nn21. The number of benzene rings is 2. The van der Waals surface area contributed by atoms with Crippen molar-refractivity contribution in [2.75, 3.05) is 17.7 Å². The molecule has 1 aliphatic heterocycles. The van der Waals surface area contributed by atoms with E-state index < -0.39 is 6.04 Å². The lowest BCUT2D eigenvalue weighted by atomic mass is 10.0. The summed E-state index contributed by atoms with van der Waals surface area (Å²) < 4.78 is 6.90. The minimum atomic E-state index is -0.680. The molecule has 1 aromatic heterocycles. The van der Waals surface area contributed by atoms with E-state index in [1.165, 1.54) is 0 Å². The Morgan fingerprint density at radius 3 is 2.55 bits per heavy atom. The number of carbonyl (C=O) groups is 2. The summed E-state index contributed by atoms with van der Waals surface area (Å²) in [7, 11) is 1.62. The molecule has 1 unspecified atom stereocenters. The lowest BCUT2D eigenvalue weighted by molar-refractivity contribution is -0.123. The van der Waals surface area contributed by atoms with Crippen molar-refractivity contribution in [2.45, 2.75) is 39.2 Å². The van der Waals surface area contributed by atoms with Gasteiger partial charge in [0.05, 0.1) is 19.2 Å². The Balaban J connectivity index is 1.60. The lowest BCUT2D eigenvalue weighted by Crippen LogP contribution is -2.24. The lowest BCUT2D eigenvalue weighted by Gasteiger charge is -2.12. The Bertz CT molecular complexity index is 1120. The predicted octanol–water partition coefficient (Wildman–Crippen LogP) is 4.21. The first-order valence-electron chi connectivity index (χ1n) is 10.5. The fourth-order valence-corrected chi connectivity index (χ4v) is 3.95. The summed E-state index contributed by atoms with van der Waals surface area (Å²) in [6, 6.07) is 14.7. The molecule has 3 aromatic rings. The number of nitrogens with zero attached hydrogens (tertiary/aromatic N) is 2. The molecule has 2 heterocycles. The highest BCUT2D eigenvalue weighted by molar-refractivity contribution is 6.04. The summed E-state index contributed by atoms with van der Waals surface area (Å²) in [6.45, 7) is 4.06. The van der Waals surface area contributed by atoms with Crippen LogP contribution in [-0.2, 0) is 22.4 Å². The molecule has 0 bridgehead atoms. The van der Waals surface area contributed by atoms with E-state index in [9.17, 15) is 9.59 Å². The maximum absolute atomic E-state index is 12.7. The van der Waals surface area contributed by atoms with Crippen molar-refractivity contribution in [1.82, 2.24) is 9.78 Å². The van der Waals surface area contributed by atoms with E-state index in [1.807, 2.05) is 62.4 Å². The maximum atomic E-state index is 12.7. The van der Waals surface area contributed by atoms with Crippen molar-refractivity contribution in [3.63, 3.8) is 0 Å². The second-order valence-corrected chi connectivity index (χ2v) is 7.46. The minimum absolute atomic E-state index is 0.0176. The van der Waals surface area contributed by atoms with Gasteiger partial charge >= 0.3 is 0 Å². The number of anilines is 2. The van der Waals surface area contributed by atoms with E-state index in [2.05, 4.69) is 15.7 Å². The van der Waals surface area contributed by atoms with Gasteiger partial charge in [0.15, 0.2) is 0 Å². The highest BCUT2D eigenvalue weighted by Crippen LogP contribution is 2.39. The second-order valence-electron chi connectivity index (χ2n) is 7.46. The standard InChI is InChI=1S/C24H26N4O3/c1-4-15-8-6-7-9-19(15)25-21(29)14-20-24(30)26-23-22(18(5-2)27-28(20)23)16-10-12-17(31-3)13-11-16/h6-13,20H,4-5,14H2,1-3H3,(H,25,29)(H,26,30). The molecule has 0 spiro atoms. The Hall–Kier alpha value is -3.61. The normalized spacial score (nSPS) is 14.8. The van der Waals surface area contributed by atoms with Gasteiger partial charge in [-0.25, -0.2) is 4.68 Å². The van der Waals surface area contributed by atoms with E-state index in [0.717, 1.165) is 40.2 Å². The number of hydrogen-bond acceptors (Lipinski definition) is 4. The first kappa shape index (κ1) is 20.7. The van der Waals surface area contributed by atoms with Crippen LogP contribution in [0.25, 0.3) is 11.1 Å². The highest BCUT2D eigenvalue weighted by atomic mass is 16.5. The van der Waals surface area contributed by atoms with Gasteiger partial charge in [-0.05, 0) is 42.2 Å². The van der Waals surface area contributed by atoms with Gasteiger partial charge in [0, 0.05) is 11.3 Å². The second kappa shape index (κ2) is 8.63. The number of nitrogens with one attached hydrogen (secondary N) is 2. The average molecular weight is 418 g/mol. The minimum Gasteiger partial charge on any atom is -0.497 e. The molecule has 1 atom stereocenters. The number of rotatable bonds is 7. The number of methoxy groups -OCH3 is 1. The predicted molar refractivity (Wildman–Crippen MR) is 120 cm³/mol. The molecule has 0 radical (unpaired) electrons. The molecule has 31 heavy (non-hydrogen) atoms. The maximum Gasteiger partial charge on any atom is 0.251 e. The number of carbonyl (C=O) groups excluding carboxylic acids is 2. The molecule has 1 aliphatic rings. The Morgan fingerprint density at radius 2 is 1.87 bits per heavy atom. The molecule has 160 valence electrons. The van der Waals surface area contributed by atoms with Crippen LogP contribution in [0.4, 0.5) is 11.5 Å². The summed E-state index contributed by atoms with van der Waals surface area (Å²) in [4.78, 5) is 25.5. The number of amides is 2. The van der Waals surface area contributed by atoms with Crippen molar-refractivity contribution in [2.24, 2.45) is 0 Å². The van der Waals surface area contributed by atoms with Crippen LogP contribution in [0.15, 0.2) is 48.5 Å². The molecule has 0 saturated carbocycles. The van der Waals surface area contributed by atoms with Crippen LogP contribution in [0.5, 0.6) is 5.75 Å². The van der Waals surface area contributed by atoms with Crippen LogP contribution >= 0.6 is 0 Å². The van der Waals surface area contributed by atoms with Crippen molar-refractivity contribution in [1.29, 1.82) is 0 Å². The molecular formula is C24H26N4O3. The van der Waals surface area contributed by atoms with Gasteiger partial charge in [0.1, 0.15) is 17.6 Å². The fourth-order valence-electron chi connectivity index (χ4n) is 3.95. The van der Waals surface area contributed by atoms with Crippen LogP contribution in [0.1, 0.15) is 37.6 Å². The molecule has 0 fully saturated rings. The van der Waals surface area contributed by atoms with Crippen LogP contribution in [0.3, 0.4) is 0 Å². The van der Waals surface area contributed by atoms with Crippen molar-refractivity contribution >= 4 is 23.3 Å². The van der Waals surface area contributed by atoms with E-state index >= 15 is 0 Å². The van der Waals surface area contributed by atoms with E-state index in [1.54, 1.807) is 11.8 Å². The number of aromatic nitrogens is 2. The summed E-state index contributed by atoms with van der Waals surface area (Å²) >= 11 is 0. The molecule has 7 heteroatoms. The van der Waals surface area contributed by atoms with Gasteiger partial charge in [-0.1, -0.05) is 44.2 Å². The number of hydrogen-bond donors (Lipinski definition) is 2. The third-order valence-corrected chi connectivity index (χ3v) is 5.59. The topological polar surface area (TPSA) is 85.2 Å². The summed E-state index contributed by atoms with van der Waals surface area (Å²) in [6.07, 6.45) is 1.54. The molecule has 0 aliphatic carbocycles. The van der Waals surface area contributed by atoms with E-state index in [4.69, 9.17) is 4.74 Å². The first-order valence-corrected chi connectivity index (χ1v) is 10.5. The van der Waals surface area contributed by atoms with Crippen LogP contribution in [0, 0.1) is 0 Å². The molecule has 4 rings (SSSR count). The zero-order valence-corrected chi connectivity index (χ0v) is 17.9. The molecule has 0 saturated heterocycles. The van der Waals surface area contributed by atoms with Crippen molar-refractivity contribution < 1.29 is 14.3 Å². The monoisotopic (exact) mass is 418 g/mol. The quantitative estimate of drug-likeness (QED) is 0.602. The molecule has 7 nitrogen and oxygen atoms in total. The van der Waals surface area contributed by atoms with Crippen LogP contribution in [0.2, 0.25) is 0 Å². The Morgan fingerprint density at radius 1 is 1.13 bits per heavy atom. The molecular weight excluding hydrogens is 392 g/mol. The van der Waals surface area contributed by atoms with E-state index in [0.29, 0.717) is 12.2 Å². The number of para-hydroxylation sites is 1. The van der Waals surface area contributed by atoms with Gasteiger partial charge in [-0.15, -0.1) is 0 Å². The summed E-state index contributed by atoms with van der Waals surface area (Å²) in [5, 5.41) is 10.6. The number of fused-ring (bicyclic) bond motifs is 1.